The molecular weight excluding hydrogens is 346 g/mol. The Morgan fingerprint density at radius 2 is 2.12 bits per heavy atom. The van der Waals surface area contributed by atoms with Crippen LogP contribution in [-0.4, -0.2) is 22.1 Å². The van der Waals surface area contributed by atoms with Gasteiger partial charge in [0.05, 0.1) is 25.6 Å². The van der Waals surface area contributed by atoms with E-state index < -0.39 is 0 Å². The molecule has 1 aromatic carbocycles. The van der Waals surface area contributed by atoms with E-state index in [1.54, 1.807) is 19.6 Å². The van der Waals surface area contributed by atoms with Gasteiger partial charge in [0.2, 0.25) is 0 Å². The van der Waals surface area contributed by atoms with Crippen molar-refractivity contribution < 1.29 is 9.15 Å². The van der Waals surface area contributed by atoms with Gasteiger partial charge in [0.15, 0.2) is 5.11 Å². The molecule has 3 aromatic rings. The first-order chi connectivity index (χ1) is 12.7. The second kappa shape index (κ2) is 8.49. The highest BCUT2D eigenvalue weighted by atomic mass is 32.1. The van der Waals surface area contributed by atoms with Crippen LogP contribution in [0.1, 0.15) is 16.9 Å². The largest absolute Gasteiger partial charge is 0.495 e. The van der Waals surface area contributed by atoms with Crippen LogP contribution < -0.4 is 10.1 Å². The van der Waals surface area contributed by atoms with E-state index >= 15 is 0 Å². The van der Waals surface area contributed by atoms with Crippen molar-refractivity contribution >= 4 is 23.0 Å². The van der Waals surface area contributed by atoms with E-state index in [9.17, 15) is 0 Å². The number of pyridine rings is 1. The first-order valence-electron chi connectivity index (χ1n) is 8.27. The van der Waals surface area contributed by atoms with Crippen LogP contribution in [-0.2, 0) is 13.1 Å². The van der Waals surface area contributed by atoms with Crippen molar-refractivity contribution in [2.24, 2.45) is 0 Å². The summed E-state index contributed by atoms with van der Waals surface area (Å²) in [5.41, 5.74) is 3.03. The number of furan rings is 1. The van der Waals surface area contributed by atoms with E-state index in [4.69, 9.17) is 21.4 Å². The van der Waals surface area contributed by atoms with Crippen molar-refractivity contribution in [2.75, 3.05) is 12.4 Å². The number of benzene rings is 1. The standard InChI is InChI=1S/C20H21N3O2S/c1-15-7-8-18(19(11-15)24-2)22-20(26)23(14-17-6-4-10-25-17)13-16-5-3-9-21-12-16/h3-12H,13-14H2,1-2H3,(H,22,26). The van der Waals surface area contributed by atoms with Crippen LogP contribution in [0.5, 0.6) is 5.75 Å². The smallest absolute Gasteiger partial charge is 0.174 e. The third-order valence-electron chi connectivity index (χ3n) is 3.91. The Hall–Kier alpha value is -2.86. The molecule has 2 heterocycles. The molecule has 5 nitrogen and oxygen atoms in total. The number of nitrogens with one attached hydrogen (secondary N) is 1. The van der Waals surface area contributed by atoms with Gasteiger partial charge >= 0.3 is 0 Å². The number of hydrogen-bond acceptors (Lipinski definition) is 4. The monoisotopic (exact) mass is 367 g/mol. The summed E-state index contributed by atoms with van der Waals surface area (Å²) in [6, 6.07) is 13.7. The lowest BCUT2D eigenvalue weighted by Crippen LogP contribution is -2.33. The van der Waals surface area contributed by atoms with Crippen LogP contribution in [0.25, 0.3) is 0 Å². The molecule has 0 unspecified atom stereocenters. The van der Waals surface area contributed by atoms with Gasteiger partial charge in [-0.25, -0.2) is 0 Å². The summed E-state index contributed by atoms with van der Waals surface area (Å²) in [5.74, 6) is 1.60. The number of thiocarbonyl (C=S) groups is 1. The lowest BCUT2D eigenvalue weighted by molar-refractivity contribution is 0.359. The molecule has 0 atom stereocenters. The lowest BCUT2D eigenvalue weighted by atomic mass is 10.2. The average Bonchev–Trinajstić information content (AvgIpc) is 3.16. The van der Waals surface area contributed by atoms with Crippen molar-refractivity contribution in [1.82, 2.24) is 9.88 Å². The molecule has 26 heavy (non-hydrogen) atoms. The molecule has 0 spiro atoms. The van der Waals surface area contributed by atoms with Crippen molar-refractivity contribution in [2.45, 2.75) is 20.0 Å². The molecule has 0 saturated heterocycles. The van der Waals surface area contributed by atoms with Crippen molar-refractivity contribution in [3.05, 3.63) is 78.0 Å². The van der Waals surface area contributed by atoms with E-state index in [2.05, 4.69) is 10.3 Å². The molecule has 3 rings (SSSR count). The minimum Gasteiger partial charge on any atom is -0.495 e. The van der Waals surface area contributed by atoms with Gasteiger partial charge in [-0.05, 0) is 60.6 Å². The molecule has 0 bridgehead atoms. The highest BCUT2D eigenvalue weighted by molar-refractivity contribution is 7.80. The topological polar surface area (TPSA) is 50.5 Å². The zero-order chi connectivity index (χ0) is 18.4. The molecular formula is C20H21N3O2S. The fourth-order valence-electron chi connectivity index (χ4n) is 2.60. The Morgan fingerprint density at radius 3 is 2.81 bits per heavy atom. The van der Waals surface area contributed by atoms with E-state index in [-0.39, 0.29) is 0 Å². The summed E-state index contributed by atoms with van der Waals surface area (Å²) in [7, 11) is 1.65. The minimum atomic E-state index is 0.557. The second-order valence-electron chi connectivity index (χ2n) is 5.93. The number of methoxy groups -OCH3 is 1. The van der Waals surface area contributed by atoms with Gasteiger partial charge in [-0.1, -0.05) is 12.1 Å². The van der Waals surface area contributed by atoms with Crippen molar-refractivity contribution in [1.29, 1.82) is 0 Å². The van der Waals surface area contributed by atoms with Crippen LogP contribution in [0, 0.1) is 6.92 Å². The van der Waals surface area contributed by atoms with E-state index in [0.717, 1.165) is 28.3 Å². The highest BCUT2D eigenvalue weighted by Crippen LogP contribution is 2.26. The number of rotatable bonds is 6. The molecule has 0 aliphatic carbocycles. The number of anilines is 1. The second-order valence-corrected chi connectivity index (χ2v) is 6.32. The molecule has 1 N–H and O–H groups in total. The lowest BCUT2D eigenvalue weighted by Gasteiger charge is -2.25. The number of ether oxygens (including phenoxy) is 1. The molecule has 134 valence electrons. The Balaban J connectivity index is 1.80. The molecule has 2 aromatic heterocycles. The van der Waals surface area contributed by atoms with Crippen LogP contribution in [0.2, 0.25) is 0 Å². The van der Waals surface area contributed by atoms with Crippen LogP contribution >= 0.6 is 12.2 Å². The average molecular weight is 367 g/mol. The first kappa shape index (κ1) is 17.9. The fourth-order valence-corrected chi connectivity index (χ4v) is 2.84. The van der Waals surface area contributed by atoms with Gasteiger partial charge in [-0.2, -0.15) is 0 Å². The van der Waals surface area contributed by atoms with Crippen LogP contribution in [0.4, 0.5) is 5.69 Å². The van der Waals surface area contributed by atoms with Crippen LogP contribution in [0.3, 0.4) is 0 Å². The fraction of sp³-hybridized carbons (Fsp3) is 0.200. The summed E-state index contributed by atoms with van der Waals surface area (Å²) in [6.45, 7) is 3.20. The van der Waals surface area contributed by atoms with Gasteiger partial charge in [0, 0.05) is 18.9 Å². The number of aryl methyl sites for hydroxylation is 1. The Morgan fingerprint density at radius 1 is 1.23 bits per heavy atom. The highest BCUT2D eigenvalue weighted by Gasteiger charge is 2.15. The minimum absolute atomic E-state index is 0.557. The summed E-state index contributed by atoms with van der Waals surface area (Å²) < 4.78 is 11.0. The zero-order valence-electron chi connectivity index (χ0n) is 14.8. The normalized spacial score (nSPS) is 10.4. The number of nitrogens with zero attached hydrogens (tertiary/aromatic N) is 2. The van der Waals surface area contributed by atoms with Crippen molar-refractivity contribution in [3.63, 3.8) is 0 Å². The molecule has 0 aliphatic rings. The summed E-state index contributed by atoms with van der Waals surface area (Å²) in [5, 5.41) is 3.88. The Kier molecular flexibility index (Phi) is 5.86. The predicted molar refractivity (Wildman–Crippen MR) is 106 cm³/mol. The van der Waals surface area contributed by atoms with E-state index in [1.807, 2.05) is 60.5 Å². The quantitative estimate of drug-likeness (QED) is 0.652. The SMILES string of the molecule is COc1cc(C)ccc1NC(=S)N(Cc1cccnc1)Cc1ccco1. The van der Waals surface area contributed by atoms with Gasteiger partial charge < -0.3 is 19.4 Å². The molecule has 0 saturated carbocycles. The summed E-state index contributed by atoms with van der Waals surface area (Å²) >= 11 is 5.67. The molecule has 0 radical (unpaired) electrons. The van der Waals surface area contributed by atoms with Crippen molar-refractivity contribution in [3.8, 4) is 5.75 Å². The third-order valence-corrected chi connectivity index (χ3v) is 4.27. The number of aromatic nitrogens is 1. The Labute approximate surface area is 158 Å². The summed E-state index contributed by atoms with van der Waals surface area (Å²) in [6.07, 6.45) is 5.26. The van der Waals surface area contributed by atoms with Gasteiger partial charge in [-0.3, -0.25) is 4.98 Å². The van der Waals surface area contributed by atoms with E-state index in [1.165, 1.54) is 0 Å². The molecule has 0 amide bonds. The predicted octanol–water partition coefficient (Wildman–Crippen LogP) is 4.39. The molecule has 0 aliphatic heterocycles. The molecule has 6 heteroatoms. The maximum Gasteiger partial charge on any atom is 0.174 e. The maximum absolute atomic E-state index is 5.67. The van der Waals surface area contributed by atoms with E-state index in [0.29, 0.717) is 18.2 Å². The maximum atomic E-state index is 5.67. The van der Waals surface area contributed by atoms with Gasteiger partial charge in [0.1, 0.15) is 11.5 Å². The van der Waals surface area contributed by atoms with Gasteiger partial charge in [-0.15, -0.1) is 0 Å². The number of hydrogen-bond donors (Lipinski definition) is 1. The molecule has 0 fully saturated rings. The van der Waals surface area contributed by atoms with Crippen LogP contribution in [0.15, 0.2) is 65.5 Å². The first-order valence-corrected chi connectivity index (χ1v) is 8.68. The zero-order valence-corrected chi connectivity index (χ0v) is 15.6. The van der Waals surface area contributed by atoms with Gasteiger partial charge in [0.25, 0.3) is 0 Å². The third kappa shape index (κ3) is 4.61. The Bertz CT molecular complexity index is 851. The summed E-state index contributed by atoms with van der Waals surface area (Å²) in [4.78, 5) is 6.21.